The van der Waals surface area contributed by atoms with Crippen molar-refractivity contribution in [3.8, 4) is 0 Å². The van der Waals surface area contributed by atoms with Crippen LogP contribution in [0.4, 0.5) is 4.39 Å². The van der Waals surface area contributed by atoms with Gasteiger partial charge in [-0.25, -0.2) is 12.8 Å². The van der Waals surface area contributed by atoms with Crippen LogP contribution in [0.1, 0.15) is 18.4 Å². The molecule has 0 bridgehead atoms. The minimum atomic E-state index is -3.83. The SMILES string of the molecule is CNCc1ccc(F)c(S(=O)(=O)N(CCOC)C2CC2)c1. The second-order valence-electron chi connectivity index (χ2n) is 5.13. The lowest BCUT2D eigenvalue weighted by atomic mass is 10.2. The average molecular weight is 316 g/mol. The molecule has 0 saturated heterocycles. The van der Waals surface area contributed by atoms with E-state index >= 15 is 0 Å². The molecular formula is C14H21FN2O3S. The number of halogens is 1. The van der Waals surface area contributed by atoms with E-state index in [1.165, 1.54) is 23.5 Å². The highest BCUT2D eigenvalue weighted by Gasteiger charge is 2.38. The summed E-state index contributed by atoms with van der Waals surface area (Å²) in [7, 11) is -0.555. The van der Waals surface area contributed by atoms with Crippen molar-refractivity contribution in [2.24, 2.45) is 0 Å². The molecular weight excluding hydrogens is 295 g/mol. The summed E-state index contributed by atoms with van der Waals surface area (Å²) in [5, 5.41) is 2.93. The summed E-state index contributed by atoms with van der Waals surface area (Å²) in [4.78, 5) is -0.252. The molecule has 0 aromatic heterocycles. The van der Waals surface area contributed by atoms with Crippen LogP contribution in [0.5, 0.6) is 0 Å². The standard InChI is InChI=1S/C14H21FN2O3S/c1-16-10-11-3-6-13(15)14(9-11)21(18,19)17(7-8-20-2)12-4-5-12/h3,6,9,12,16H,4-5,7-8,10H2,1-2H3. The molecule has 0 heterocycles. The van der Waals surface area contributed by atoms with Gasteiger partial charge in [0.15, 0.2) is 0 Å². The van der Waals surface area contributed by atoms with E-state index in [-0.39, 0.29) is 17.5 Å². The zero-order chi connectivity index (χ0) is 15.5. The zero-order valence-electron chi connectivity index (χ0n) is 12.3. The van der Waals surface area contributed by atoms with Gasteiger partial charge >= 0.3 is 0 Å². The fourth-order valence-electron chi connectivity index (χ4n) is 2.23. The molecule has 7 heteroatoms. The number of nitrogens with one attached hydrogen (secondary N) is 1. The molecule has 1 N–H and O–H groups in total. The van der Waals surface area contributed by atoms with Crippen molar-refractivity contribution in [3.63, 3.8) is 0 Å². The van der Waals surface area contributed by atoms with Crippen LogP contribution in [0.25, 0.3) is 0 Å². The van der Waals surface area contributed by atoms with E-state index in [2.05, 4.69) is 5.32 Å². The van der Waals surface area contributed by atoms with Gasteiger partial charge in [0.25, 0.3) is 0 Å². The predicted molar refractivity (Wildman–Crippen MR) is 78.0 cm³/mol. The molecule has 0 amide bonds. The first kappa shape index (κ1) is 16.4. The van der Waals surface area contributed by atoms with Gasteiger partial charge in [0.1, 0.15) is 10.7 Å². The van der Waals surface area contributed by atoms with Gasteiger partial charge in [-0.1, -0.05) is 6.07 Å². The van der Waals surface area contributed by atoms with Crippen LogP contribution >= 0.6 is 0 Å². The summed E-state index contributed by atoms with van der Waals surface area (Å²) < 4.78 is 45.8. The fraction of sp³-hybridized carbons (Fsp3) is 0.571. The lowest BCUT2D eigenvalue weighted by Gasteiger charge is -2.22. The number of benzene rings is 1. The van der Waals surface area contributed by atoms with Gasteiger partial charge in [-0.3, -0.25) is 0 Å². The summed E-state index contributed by atoms with van der Waals surface area (Å²) in [5.41, 5.74) is 0.736. The number of hydrogen-bond acceptors (Lipinski definition) is 4. The zero-order valence-corrected chi connectivity index (χ0v) is 13.1. The second kappa shape index (κ2) is 6.83. The van der Waals surface area contributed by atoms with Crippen molar-refractivity contribution in [2.75, 3.05) is 27.3 Å². The molecule has 2 rings (SSSR count). The fourth-order valence-corrected chi connectivity index (χ4v) is 4.01. The van der Waals surface area contributed by atoms with Gasteiger partial charge in [-0.05, 0) is 37.6 Å². The lowest BCUT2D eigenvalue weighted by molar-refractivity contribution is 0.177. The van der Waals surface area contributed by atoms with Crippen LogP contribution in [0.2, 0.25) is 0 Å². The number of sulfonamides is 1. The molecule has 1 fully saturated rings. The first-order valence-electron chi connectivity index (χ1n) is 6.94. The Hall–Kier alpha value is -1.02. The molecule has 0 unspecified atom stereocenters. The highest BCUT2D eigenvalue weighted by Crippen LogP contribution is 2.32. The van der Waals surface area contributed by atoms with Crippen molar-refractivity contribution in [2.45, 2.75) is 30.3 Å². The third kappa shape index (κ3) is 3.79. The molecule has 118 valence electrons. The van der Waals surface area contributed by atoms with Gasteiger partial charge in [0.2, 0.25) is 10.0 Å². The molecule has 21 heavy (non-hydrogen) atoms. The number of ether oxygens (including phenoxy) is 1. The minimum Gasteiger partial charge on any atom is -0.383 e. The molecule has 1 aliphatic carbocycles. The molecule has 1 saturated carbocycles. The van der Waals surface area contributed by atoms with E-state index in [9.17, 15) is 12.8 Å². The van der Waals surface area contributed by atoms with Gasteiger partial charge < -0.3 is 10.1 Å². The van der Waals surface area contributed by atoms with E-state index in [1.807, 2.05) is 0 Å². The molecule has 5 nitrogen and oxygen atoms in total. The van der Waals surface area contributed by atoms with Crippen molar-refractivity contribution in [3.05, 3.63) is 29.6 Å². The monoisotopic (exact) mass is 316 g/mol. The molecule has 0 radical (unpaired) electrons. The van der Waals surface area contributed by atoms with E-state index < -0.39 is 15.8 Å². The van der Waals surface area contributed by atoms with Crippen molar-refractivity contribution >= 4 is 10.0 Å². The van der Waals surface area contributed by atoms with Crippen LogP contribution < -0.4 is 5.32 Å². The predicted octanol–water partition coefficient (Wildman–Crippen LogP) is 1.34. The molecule has 0 spiro atoms. The third-order valence-corrected chi connectivity index (χ3v) is 5.40. The molecule has 1 aromatic carbocycles. The number of methoxy groups -OCH3 is 1. The smallest absolute Gasteiger partial charge is 0.246 e. The quantitative estimate of drug-likeness (QED) is 0.786. The van der Waals surface area contributed by atoms with E-state index in [0.717, 1.165) is 18.4 Å². The molecule has 1 aromatic rings. The van der Waals surface area contributed by atoms with Crippen LogP contribution in [-0.2, 0) is 21.3 Å². The van der Waals surface area contributed by atoms with Gasteiger partial charge in [0, 0.05) is 26.2 Å². The summed E-state index contributed by atoms with van der Waals surface area (Å²) in [6.45, 7) is 1.04. The Morgan fingerprint density at radius 3 is 2.71 bits per heavy atom. The number of rotatable bonds is 8. The van der Waals surface area contributed by atoms with Gasteiger partial charge in [-0.15, -0.1) is 0 Å². The summed E-state index contributed by atoms with van der Waals surface area (Å²) in [6.07, 6.45) is 1.64. The summed E-state index contributed by atoms with van der Waals surface area (Å²) in [6, 6.07) is 4.17. The maximum atomic E-state index is 14.0. The highest BCUT2D eigenvalue weighted by molar-refractivity contribution is 7.89. The van der Waals surface area contributed by atoms with Crippen molar-refractivity contribution in [1.29, 1.82) is 0 Å². The minimum absolute atomic E-state index is 0.0301. The van der Waals surface area contributed by atoms with Crippen LogP contribution in [0.15, 0.2) is 23.1 Å². The molecule has 0 aliphatic heterocycles. The first-order valence-corrected chi connectivity index (χ1v) is 8.38. The Bertz CT molecular complexity index is 588. The van der Waals surface area contributed by atoms with E-state index in [1.54, 1.807) is 13.1 Å². The van der Waals surface area contributed by atoms with Crippen molar-refractivity contribution in [1.82, 2.24) is 9.62 Å². The van der Waals surface area contributed by atoms with Crippen LogP contribution in [0, 0.1) is 5.82 Å². The summed E-state index contributed by atoms with van der Waals surface area (Å²) >= 11 is 0. The highest BCUT2D eigenvalue weighted by atomic mass is 32.2. The summed E-state index contributed by atoms with van der Waals surface area (Å²) in [5.74, 6) is -0.710. The maximum absolute atomic E-state index is 14.0. The Kier molecular flexibility index (Phi) is 5.32. The van der Waals surface area contributed by atoms with E-state index in [4.69, 9.17) is 4.74 Å². The second-order valence-corrected chi connectivity index (χ2v) is 6.99. The molecule has 1 aliphatic rings. The van der Waals surface area contributed by atoms with Crippen LogP contribution in [0.3, 0.4) is 0 Å². The molecule has 0 atom stereocenters. The first-order chi connectivity index (χ1) is 10.0. The number of hydrogen-bond donors (Lipinski definition) is 1. The van der Waals surface area contributed by atoms with Crippen LogP contribution in [-0.4, -0.2) is 46.1 Å². The third-order valence-electron chi connectivity index (χ3n) is 3.43. The Morgan fingerprint density at radius 1 is 1.43 bits per heavy atom. The Morgan fingerprint density at radius 2 is 2.14 bits per heavy atom. The Balaban J connectivity index is 2.34. The number of nitrogens with zero attached hydrogens (tertiary/aromatic N) is 1. The normalized spacial score (nSPS) is 15.6. The Labute approximate surface area is 125 Å². The van der Waals surface area contributed by atoms with Gasteiger partial charge in [-0.2, -0.15) is 4.31 Å². The largest absolute Gasteiger partial charge is 0.383 e. The maximum Gasteiger partial charge on any atom is 0.246 e. The lowest BCUT2D eigenvalue weighted by Crippen LogP contribution is -2.36. The van der Waals surface area contributed by atoms with Crippen molar-refractivity contribution < 1.29 is 17.5 Å². The average Bonchev–Trinajstić information content (AvgIpc) is 3.26. The topological polar surface area (TPSA) is 58.6 Å². The van der Waals surface area contributed by atoms with E-state index in [0.29, 0.717) is 13.2 Å². The van der Waals surface area contributed by atoms with Gasteiger partial charge in [0.05, 0.1) is 6.61 Å².